The average molecular weight is 312 g/mol. The zero-order valence-corrected chi connectivity index (χ0v) is 12.7. The predicted octanol–water partition coefficient (Wildman–Crippen LogP) is 2.95. The molecule has 0 radical (unpaired) electrons. The maximum absolute atomic E-state index is 12.1. The quantitative estimate of drug-likeness (QED) is 0.786. The Balaban J connectivity index is 2.06. The van der Waals surface area contributed by atoms with Gasteiger partial charge in [-0.3, -0.25) is 9.59 Å². The molecule has 1 N–H and O–H groups in total. The van der Waals surface area contributed by atoms with Crippen LogP contribution in [0.15, 0.2) is 12.1 Å². The summed E-state index contributed by atoms with van der Waals surface area (Å²) in [5.74, 6) is -0.336. The van der Waals surface area contributed by atoms with Crippen LogP contribution in [0.4, 0.5) is 0 Å². The Bertz CT molecular complexity index is 559. The number of carbonyl (C=O) groups excluding carboxylic acids is 1. The summed E-state index contributed by atoms with van der Waals surface area (Å²) in [5, 5.41) is 9.03. The molecule has 1 aliphatic heterocycles. The molecule has 1 aromatic rings. The van der Waals surface area contributed by atoms with Crippen molar-refractivity contribution in [3.8, 4) is 5.75 Å². The Morgan fingerprint density at radius 1 is 1.48 bits per heavy atom. The van der Waals surface area contributed by atoms with E-state index >= 15 is 0 Å². The molecule has 0 spiro atoms. The molecule has 5 nitrogen and oxygen atoms in total. The van der Waals surface area contributed by atoms with Gasteiger partial charge < -0.3 is 14.7 Å². The fourth-order valence-corrected chi connectivity index (χ4v) is 2.63. The summed E-state index contributed by atoms with van der Waals surface area (Å²) >= 11 is 6.31. The van der Waals surface area contributed by atoms with Crippen molar-refractivity contribution in [2.75, 3.05) is 13.2 Å². The van der Waals surface area contributed by atoms with Gasteiger partial charge in [0.15, 0.2) is 0 Å². The van der Waals surface area contributed by atoms with Crippen molar-refractivity contribution in [1.82, 2.24) is 4.90 Å². The predicted molar refractivity (Wildman–Crippen MR) is 78.8 cm³/mol. The minimum absolute atomic E-state index is 0.00572. The molecule has 1 amide bonds. The van der Waals surface area contributed by atoms with Crippen molar-refractivity contribution in [3.05, 3.63) is 28.3 Å². The van der Waals surface area contributed by atoms with Crippen LogP contribution in [0.3, 0.4) is 0 Å². The highest BCUT2D eigenvalue weighted by Crippen LogP contribution is 2.36. The highest BCUT2D eigenvalue weighted by Gasteiger charge is 2.29. The molecule has 1 aromatic carbocycles. The second-order valence-corrected chi connectivity index (χ2v) is 5.35. The largest absolute Gasteiger partial charge is 0.492 e. The van der Waals surface area contributed by atoms with Crippen LogP contribution in [-0.2, 0) is 11.3 Å². The van der Waals surface area contributed by atoms with Gasteiger partial charge in [0.05, 0.1) is 11.6 Å². The van der Waals surface area contributed by atoms with E-state index in [0.29, 0.717) is 35.8 Å². The second-order valence-electron chi connectivity index (χ2n) is 4.98. The molecule has 6 heteroatoms. The van der Waals surface area contributed by atoms with Gasteiger partial charge in [-0.15, -0.1) is 0 Å². The molecule has 1 heterocycles. The van der Waals surface area contributed by atoms with Crippen LogP contribution in [-0.4, -0.2) is 35.0 Å². The van der Waals surface area contributed by atoms with Gasteiger partial charge in [0.2, 0.25) is 0 Å². The number of hydrogen-bond donors (Lipinski definition) is 1. The minimum atomic E-state index is -0.848. The monoisotopic (exact) mass is 311 g/mol. The lowest BCUT2D eigenvalue weighted by atomic mass is 10.1. The number of ether oxygens (including phenoxy) is 1. The standard InChI is InChI=1S/C15H18ClNO4/c1-2-7-17-9-11-10(15(17)20)5-6-12(14(11)16)21-8-3-4-13(18)19/h5-6H,2-4,7-9H2,1H3,(H,18,19). The van der Waals surface area contributed by atoms with Gasteiger partial charge in [0.1, 0.15) is 5.75 Å². The Hall–Kier alpha value is -1.75. The van der Waals surface area contributed by atoms with Crippen molar-refractivity contribution in [3.63, 3.8) is 0 Å². The molecule has 114 valence electrons. The molecular weight excluding hydrogens is 294 g/mol. The van der Waals surface area contributed by atoms with E-state index in [1.807, 2.05) is 6.92 Å². The molecule has 0 aromatic heterocycles. The molecule has 0 atom stereocenters. The number of benzene rings is 1. The van der Waals surface area contributed by atoms with Crippen molar-refractivity contribution >= 4 is 23.5 Å². The lowest BCUT2D eigenvalue weighted by Crippen LogP contribution is -2.24. The molecule has 0 aliphatic carbocycles. The third-order valence-electron chi connectivity index (χ3n) is 3.36. The molecule has 2 rings (SSSR count). The van der Waals surface area contributed by atoms with E-state index in [4.69, 9.17) is 21.4 Å². The van der Waals surface area contributed by atoms with Crippen molar-refractivity contribution < 1.29 is 19.4 Å². The van der Waals surface area contributed by atoms with Crippen LogP contribution in [0, 0.1) is 0 Å². The first-order valence-corrected chi connectivity index (χ1v) is 7.37. The minimum Gasteiger partial charge on any atom is -0.492 e. The maximum atomic E-state index is 12.1. The highest BCUT2D eigenvalue weighted by atomic mass is 35.5. The first kappa shape index (κ1) is 15.6. The van der Waals surface area contributed by atoms with Gasteiger partial charge in [-0.2, -0.15) is 0 Å². The van der Waals surface area contributed by atoms with Crippen molar-refractivity contribution in [1.29, 1.82) is 0 Å². The van der Waals surface area contributed by atoms with Crippen molar-refractivity contribution in [2.24, 2.45) is 0 Å². The Morgan fingerprint density at radius 2 is 2.24 bits per heavy atom. The SMILES string of the molecule is CCCN1Cc2c(ccc(OCCCC(=O)O)c2Cl)C1=O. The third kappa shape index (κ3) is 3.47. The Kier molecular flexibility index (Phi) is 5.07. The number of aliphatic carboxylic acids is 1. The van der Waals surface area contributed by atoms with Crippen molar-refractivity contribution in [2.45, 2.75) is 32.7 Å². The highest BCUT2D eigenvalue weighted by molar-refractivity contribution is 6.33. The van der Waals surface area contributed by atoms with E-state index < -0.39 is 5.97 Å². The van der Waals surface area contributed by atoms with Gasteiger partial charge in [0.25, 0.3) is 5.91 Å². The van der Waals surface area contributed by atoms with Crippen LogP contribution in [0.5, 0.6) is 5.75 Å². The van der Waals surface area contributed by atoms with Gasteiger partial charge in [-0.25, -0.2) is 0 Å². The van der Waals surface area contributed by atoms with Crippen LogP contribution in [0.1, 0.15) is 42.1 Å². The second kappa shape index (κ2) is 6.80. The average Bonchev–Trinajstić information content (AvgIpc) is 2.75. The summed E-state index contributed by atoms with van der Waals surface area (Å²) in [6.45, 7) is 3.53. The molecule has 0 bridgehead atoms. The number of carboxylic acids is 1. The lowest BCUT2D eigenvalue weighted by Gasteiger charge is -2.13. The zero-order chi connectivity index (χ0) is 15.4. The first-order valence-electron chi connectivity index (χ1n) is 6.99. The smallest absolute Gasteiger partial charge is 0.303 e. The molecular formula is C15H18ClNO4. The summed E-state index contributed by atoms with van der Waals surface area (Å²) in [4.78, 5) is 24.4. The van der Waals surface area contributed by atoms with Gasteiger partial charge in [-0.1, -0.05) is 18.5 Å². The lowest BCUT2D eigenvalue weighted by molar-refractivity contribution is -0.137. The van der Waals surface area contributed by atoms with Gasteiger partial charge in [-0.05, 0) is 25.0 Å². The fraction of sp³-hybridized carbons (Fsp3) is 0.467. The maximum Gasteiger partial charge on any atom is 0.303 e. The molecule has 0 saturated heterocycles. The summed E-state index contributed by atoms with van der Waals surface area (Å²) in [6.07, 6.45) is 1.38. The van der Waals surface area contributed by atoms with Gasteiger partial charge >= 0.3 is 5.97 Å². The topological polar surface area (TPSA) is 66.8 Å². The summed E-state index contributed by atoms with van der Waals surface area (Å²) in [6, 6.07) is 3.40. The molecule has 0 saturated carbocycles. The molecule has 0 unspecified atom stereocenters. The van der Waals surface area contributed by atoms with Crippen LogP contribution >= 0.6 is 11.6 Å². The third-order valence-corrected chi connectivity index (χ3v) is 3.77. The summed E-state index contributed by atoms with van der Waals surface area (Å²) in [5.41, 5.74) is 1.43. The number of fused-ring (bicyclic) bond motifs is 1. The van der Waals surface area contributed by atoms with E-state index in [1.54, 1.807) is 17.0 Å². The number of amides is 1. The van der Waals surface area contributed by atoms with Gasteiger partial charge in [0, 0.05) is 30.6 Å². The zero-order valence-electron chi connectivity index (χ0n) is 11.9. The molecule has 1 aliphatic rings. The van der Waals surface area contributed by atoms with E-state index in [9.17, 15) is 9.59 Å². The van der Waals surface area contributed by atoms with E-state index in [-0.39, 0.29) is 18.9 Å². The number of carbonyl (C=O) groups is 2. The van der Waals surface area contributed by atoms with Crippen LogP contribution < -0.4 is 4.74 Å². The van der Waals surface area contributed by atoms with E-state index in [1.165, 1.54) is 0 Å². The number of halogens is 1. The normalized spacial score (nSPS) is 13.4. The Morgan fingerprint density at radius 3 is 2.90 bits per heavy atom. The number of hydrogen-bond acceptors (Lipinski definition) is 3. The van der Waals surface area contributed by atoms with E-state index in [0.717, 1.165) is 12.0 Å². The summed E-state index contributed by atoms with van der Waals surface area (Å²) in [7, 11) is 0. The molecule has 0 fully saturated rings. The summed E-state index contributed by atoms with van der Waals surface area (Å²) < 4.78 is 5.52. The fourth-order valence-electron chi connectivity index (χ4n) is 2.36. The first-order chi connectivity index (χ1) is 10.0. The Labute approximate surface area is 128 Å². The number of rotatable bonds is 7. The van der Waals surface area contributed by atoms with E-state index in [2.05, 4.69) is 0 Å². The van der Waals surface area contributed by atoms with Crippen LogP contribution in [0.25, 0.3) is 0 Å². The number of carboxylic acid groups (broad SMARTS) is 1. The molecule has 21 heavy (non-hydrogen) atoms. The van der Waals surface area contributed by atoms with Crippen LogP contribution in [0.2, 0.25) is 5.02 Å². The number of nitrogens with zero attached hydrogens (tertiary/aromatic N) is 1.